The topological polar surface area (TPSA) is 60.6 Å². The summed E-state index contributed by atoms with van der Waals surface area (Å²) in [5.41, 5.74) is 2.15. The highest BCUT2D eigenvalue weighted by molar-refractivity contribution is 5.85. The third-order valence-corrected chi connectivity index (χ3v) is 8.50. The monoisotopic (exact) mass is 608 g/mol. The number of H-pyrrole nitrogens is 1. The number of carbonyl (C=O) groups is 1. The van der Waals surface area contributed by atoms with Gasteiger partial charge in [0.15, 0.2) is 0 Å². The number of rotatable bonds is 12. The van der Waals surface area contributed by atoms with Crippen molar-refractivity contribution in [3.05, 3.63) is 101 Å². The first-order chi connectivity index (χ1) is 21.3. The zero-order valence-electron chi connectivity index (χ0n) is 24.4. The molecule has 1 saturated carbocycles. The van der Waals surface area contributed by atoms with E-state index in [0.29, 0.717) is 31.5 Å². The Labute approximate surface area is 254 Å². The van der Waals surface area contributed by atoms with Crippen molar-refractivity contribution < 1.29 is 27.1 Å². The summed E-state index contributed by atoms with van der Waals surface area (Å²) in [5.74, 6) is -1.48. The van der Waals surface area contributed by atoms with E-state index in [4.69, 9.17) is 4.74 Å². The summed E-state index contributed by atoms with van der Waals surface area (Å²) >= 11 is 0. The maximum Gasteiger partial charge on any atom is 0.410 e. The van der Waals surface area contributed by atoms with Gasteiger partial charge in [-0.2, -0.15) is 0 Å². The molecule has 44 heavy (non-hydrogen) atoms. The van der Waals surface area contributed by atoms with Gasteiger partial charge in [-0.25, -0.2) is 18.0 Å². The van der Waals surface area contributed by atoms with Crippen LogP contribution in [0.1, 0.15) is 47.7 Å². The molecule has 1 amide bonds. The lowest BCUT2D eigenvalue weighted by atomic mass is 9.91. The Bertz CT molecular complexity index is 1580. The standard InChI is InChI=1S/C34H36F4N4O2/c35-14-6-16-41(33(43)44-21-23-7-2-1-3-8-23)18-15-39-24-19-27(36)30(28(37)20-24)32-31-26(25-9-4-5-10-29(25)40-31)11-17-42(32)22-34(38)12-13-34/h1-5,7-10,19-20,32,39-40H,6,11-18,21-22H2/t32-/m1/s1. The molecule has 6 nitrogen and oxygen atoms in total. The number of amides is 1. The number of hydrogen-bond donors (Lipinski definition) is 2. The van der Waals surface area contributed by atoms with Gasteiger partial charge in [0.2, 0.25) is 0 Å². The number of aromatic nitrogens is 1. The van der Waals surface area contributed by atoms with Gasteiger partial charge in [0.25, 0.3) is 0 Å². The molecule has 1 aromatic heterocycles. The van der Waals surface area contributed by atoms with Crippen molar-refractivity contribution in [2.45, 2.75) is 44.0 Å². The number of hydrogen-bond acceptors (Lipinski definition) is 4. The van der Waals surface area contributed by atoms with E-state index in [0.717, 1.165) is 22.0 Å². The van der Waals surface area contributed by atoms with E-state index >= 15 is 8.78 Å². The maximum absolute atomic E-state index is 15.9. The Balaban J connectivity index is 1.18. The number of benzene rings is 3. The lowest BCUT2D eigenvalue weighted by Gasteiger charge is -2.37. The number of nitrogens with zero attached hydrogens (tertiary/aromatic N) is 2. The van der Waals surface area contributed by atoms with Crippen LogP contribution in [0, 0.1) is 11.6 Å². The lowest BCUT2D eigenvalue weighted by molar-refractivity contribution is 0.0964. The Kier molecular flexibility index (Phi) is 8.79. The largest absolute Gasteiger partial charge is 0.445 e. The number of alkyl halides is 2. The highest BCUT2D eigenvalue weighted by Crippen LogP contribution is 2.46. The molecule has 2 aliphatic rings. The van der Waals surface area contributed by atoms with Crippen LogP contribution in [0.15, 0.2) is 66.7 Å². The lowest BCUT2D eigenvalue weighted by Crippen LogP contribution is -2.41. The van der Waals surface area contributed by atoms with Gasteiger partial charge in [-0.3, -0.25) is 9.29 Å². The Morgan fingerprint density at radius 3 is 2.50 bits per heavy atom. The molecular weight excluding hydrogens is 572 g/mol. The number of aromatic amines is 1. The molecule has 1 atom stereocenters. The van der Waals surface area contributed by atoms with Crippen LogP contribution in [0.2, 0.25) is 0 Å². The fraction of sp³-hybridized carbons (Fsp3) is 0.382. The number of nitrogens with one attached hydrogen (secondary N) is 2. The van der Waals surface area contributed by atoms with Gasteiger partial charge in [0, 0.05) is 60.6 Å². The molecular formula is C34H36F4N4O2. The first-order valence-electron chi connectivity index (χ1n) is 15.1. The molecule has 1 aliphatic heterocycles. The SMILES string of the molecule is O=C(OCc1ccccc1)N(CCCF)CCNc1cc(F)c([C@@H]2c3[nH]c4ccccc4c3CCN2CC2(F)CC2)c(F)c1. The van der Waals surface area contributed by atoms with Crippen LogP contribution in [0.5, 0.6) is 0 Å². The Morgan fingerprint density at radius 1 is 1.05 bits per heavy atom. The smallest absolute Gasteiger partial charge is 0.410 e. The van der Waals surface area contributed by atoms with Gasteiger partial charge in [-0.1, -0.05) is 48.5 Å². The van der Waals surface area contributed by atoms with Crippen molar-refractivity contribution >= 4 is 22.7 Å². The minimum Gasteiger partial charge on any atom is -0.445 e. The molecule has 232 valence electrons. The van der Waals surface area contributed by atoms with Crippen molar-refractivity contribution in [2.24, 2.45) is 0 Å². The van der Waals surface area contributed by atoms with Crippen molar-refractivity contribution in [1.29, 1.82) is 0 Å². The average Bonchev–Trinajstić information content (AvgIpc) is 3.63. The van der Waals surface area contributed by atoms with Crippen LogP contribution in [-0.2, 0) is 17.8 Å². The number of anilines is 1. The van der Waals surface area contributed by atoms with E-state index in [1.54, 1.807) is 0 Å². The van der Waals surface area contributed by atoms with Crippen molar-refractivity contribution in [3.8, 4) is 0 Å². The number of halogens is 4. The van der Waals surface area contributed by atoms with Crippen LogP contribution < -0.4 is 5.32 Å². The molecule has 0 bridgehead atoms. The average molecular weight is 609 g/mol. The first kappa shape index (κ1) is 30.0. The molecule has 0 saturated heterocycles. The summed E-state index contributed by atoms with van der Waals surface area (Å²) in [6, 6.07) is 18.6. The predicted molar refractivity (Wildman–Crippen MR) is 162 cm³/mol. The number of fused-ring (bicyclic) bond motifs is 3. The minimum absolute atomic E-state index is 0.0803. The first-order valence-corrected chi connectivity index (χ1v) is 15.1. The molecule has 1 fully saturated rings. The number of ether oxygens (including phenoxy) is 1. The van der Waals surface area contributed by atoms with Gasteiger partial charge in [-0.15, -0.1) is 0 Å². The van der Waals surface area contributed by atoms with E-state index in [-0.39, 0.29) is 50.5 Å². The van der Waals surface area contributed by atoms with Crippen LogP contribution >= 0.6 is 0 Å². The Morgan fingerprint density at radius 2 is 1.77 bits per heavy atom. The molecule has 10 heteroatoms. The van der Waals surface area contributed by atoms with Crippen molar-refractivity contribution in [1.82, 2.24) is 14.8 Å². The fourth-order valence-corrected chi connectivity index (χ4v) is 6.08. The van der Waals surface area contributed by atoms with Gasteiger partial charge >= 0.3 is 6.09 Å². The quantitative estimate of drug-likeness (QED) is 0.166. The minimum atomic E-state index is -1.33. The van der Waals surface area contributed by atoms with E-state index in [9.17, 15) is 13.6 Å². The number of carbonyl (C=O) groups excluding carboxylic acids is 1. The molecule has 2 N–H and O–H groups in total. The Hall–Kier alpha value is -4.05. The molecule has 3 aromatic carbocycles. The summed E-state index contributed by atoms with van der Waals surface area (Å²) in [6.07, 6.45) is 1.11. The van der Waals surface area contributed by atoms with Crippen molar-refractivity contribution in [3.63, 3.8) is 0 Å². The summed E-state index contributed by atoms with van der Waals surface area (Å²) < 4.78 is 65.0. The highest BCUT2D eigenvalue weighted by Gasteiger charge is 2.47. The molecule has 4 aromatic rings. The van der Waals surface area contributed by atoms with E-state index in [2.05, 4.69) is 10.3 Å². The zero-order valence-corrected chi connectivity index (χ0v) is 24.4. The molecule has 0 unspecified atom stereocenters. The van der Waals surface area contributed by atoms with Crippen LogP contribution in [0.4, 0.5) is 28.0 Å². The van der Waals surface area contributed by atoms with E-state index in [1.807, 2.05) is 59.5 Å². The van der Waals surface area contributed by atoms with Crippen LogP contribution in [-0.4, -0.2) is 65.9 Å². The molecule has 6 rings (SSSR count). The van der Waals surface area contributed by atoms with E-state index < -0.39 is 36.1 Å². The molecule has 0 spiro atoms. The van der Waals surface area contributed by atoms with Gasteiger partial charge < -0.3 is 19.9 Å². The van der Waals surface area contributed by atoms with E-state index in [1.165, 1.54) is 17.0 Å². The van der Waals surface area contributed by atoms with Crippen molar-refractivity contribution in [2.75, 3.05) is 44.7 Å². The predicted octanol–water partition coefficient (Wildman–Crippen LogP) is 7.31. The van der Waals surface area contributed by atoms with Crippen LogP contribution in [0.3, 0.4) is 0 Å². The molecule has 2 heterocycles. The summed E-state index contributed by atoms with van der Waals surface area (Å²) in [6.45, 7) is 0.543. The third kappa shape index (κ3) is 6.55. The van der Waals surface area contributed by atoms with Crippen LogP contribution in [0.25, 0.3) is 10.9 Å². The molecule has 0 radical (unpaired) electrons. The second kappa shape index (κ2) is 12.9. The van der Waals surface area contributed by atoms with Gasteiger partial charge in [0.1, 0.15) is 23.9 Å². The molecule has 1 aliphatic carbocycles. The van der Waals surface area contributed by atoms with Gasteiger partial charge in [0.05, 0.1) is 12.7 Å². The second-order valence-corrected chi connectivity index (χ2v) is 11.7. The normalized spacial score (nSPS) is 17.3. The summed E-state index contributed by atoms with van der Waals surface area (Å²) in [4.78, 5) is 19.3. The summed E-state index contributed by atoms with van der Waals surface area (Å²) in [7, 11) is 0. The number of para-hydroxylation sites is 1. The fourth-order valence-electron chi connectivity index (χ4n) is 6.08. The maximum atomic E-state index is 15.9. The zero-order chi connectivity index (χ0) is 30.7. The summed E-state index contributed by atoms with van der Waals surface area (Å²) in [5, 5.41) is 3.99. The second-order valence-electron chi connectivity index (χ2n) is 11.7. The highest BCUT2D eigenvalue weighted by atomic mass is 19.1. The van der Waals surface area contributed by atoms with Gasteiger partial charge in [-0.05, 0) is 55.0 Å². The third-order valence-electron chi connectivity index (χ3n) is 8.50.